The first-order valence-electron chi connectivity index (χ1n) is 8.82. The van der Waals surface area contributed by atoms with Crippen LogP contribution in [0, 0.1) is 24.0 Å². The molecule has 0 spiro atoms. The van der Waals surface area contributed by atoms with Gasteiger partial charge in [-0.05, 0) is 47.6 Å². The van der Waals surface area contributed by atoms with E-state index in [4.69, 9.17) is 0 Å². The van der Waals surface area contributed by atoms with Crippen LogP contribution in [0.5, 0.6) is 0 Å². The topological polar surface area (TPSA) is 78.0 Å². The second-order valence-electron chi connectivity index (χ2n) is 7.97. The molecule has 140 valence electrons. The Hall–Kier alpha value is -3.02. The molecule has 1 aromatic heterocycles. The Morgan fingerprint density at radius 1 is 1.11 bits per heavy atom. The Balaban J connectivity index is 2.05. The average molecular weight is 365 g/mol. The Kier molecular flexibility index (Phi) is 4.59. The molecule has 0 fully saturated rings. The van der Waals surface area contributed by atoms with E-state index >= 15 is 0 Å². The zero-order valence-corrected chi connectivity index (χ0v) is 16.2. The van der Waals surface area contributed by atoms with Gasteiger partial charge in [-0.1, -0.05) is 32.9 Å². The van der Waals surface area contributed by atoms with Crippen LogP contribution in [-0.4, -0.2) is 14.5 Å². The second-order valence-corrected chi connectivity index (χ2v) is 7.97. The third-order valence-electron chi connectivity index (χ3n) is 4.91. The summed E-state index contributed by atoms with van der Waals surface area (Å²) in [5.41, 5.74) is 4.74. The Labute approximate surface area is 157 Å². The normalized spacial score (nSPS) is 11.7. The number of nitrogens with zero attached hydrogens (tertiary/aromatic N) is 3. The van der Waals surface area contributed by atoms with E-state index in [0.717, 1.165) is 16.7 Å². The quantitative estimate of drug-likeness (QED) is 0.513. The molecule has 0 atom stereocenters. The molecule has 0 N–H and O–H groups in total. The van der Waals surface area contributed by atoms with Gasteiger partial charge in [-0.25, -0.2) is 4.98 Å². The number of nitro groups is 1. The van der Waals surface area contributed by atoms with E-state index in [2.05, 4.69) is 51.7 Å². The largest absolute Gasteiger partial charge is 0.294 e. The zero-order valence-electron chi connectivity index (χ0n) is 16.2. The first-order valence-corrected chi connectivity index (χ1v) is 8.82. The van der Waals surface area contributed by atoms with Crippen LogP contribution in [0.25, 0.3) is 10.9 Å². The molecule has 2 aromatic carbocycles. The summed E-state index contributed by atoms with van der Waals surface area (Å²) in [4.78, 5) is 27.5. The van der Waals surface area contributed by atoms with E-state index in [-0.39, 0.29) is 16.7 Å². The molecule has 6 heteroatoms. The molecule has 0 aliphatic rings. The van der Waals surface area contributed by atoms with E-state index in [1.807, 2.05) is 0 Å². The standard InChI is InChI=1S/C21H23N3O3/c1-13-8-15(21(3,4)5)9-14(2)18(13)11-23-12-22-19-10-16(24(26)27)6-7-17(19)20(23)25/h6-10,12H,11H2,1-5H3. The number of aryl methyl sites for hydroxylation is 2. The van der Waals surface area contributed by atoms with Gasteiger partial charge in [-0.3, -0.25) is 19.5 Å². The van der Waals surface area contributed by atoms with Crippen LogP contribution in [-0.2, 0) is 12.0 Å². The number of hydrogen-bond donors (Lipinski definition) is 0. The van der Waals surface area contributed by atoms with Crippen molar-refractivity contribution in [1.29, 1.82) is 0 Å². The number of non-ortho nitro benzene ring substituents is 1. The summed E-state index contributed by atoms with van der Waals surface area (Å²) in [7, 11) is 0. The summed E-state index contributed by atoms with van der Waals surface area (Å²) in [6.45, 7) is 11.1. The minimum Gasteiger partial charge on any atom is -0.294 e. The Morgan fingerprint density at radius 3 is 2.30 bits per heavy atom. The van der Waals surface area contributed by atoms with E-state index in [1.165, 1.54) is 30.1 Å². The van der Waals surface area contributed by atoms with Crippen molar-refractivity contribution in [2.45, 2.75) is 46.6 Å². The summed E-state index contributed by atoms with van der Waals surface area (Å²) in [5, 5.41) is 11.3. The highest BCUT2D eigenvalue weighted by atomic mass is 16.6. The molecule has 6 nitrogen and oxygen atoms in total. The van der Waals surface area contributed by atoms with Gasteiger partial charge in [0.25, 0.3) is 11.2 Å². The van der Waals surface area contributed by atoms with Gasteiger partial charge < -0.3 is 0 Å². The van der Waals surface area contributed by atoms with Crippen LogP contribution >= 0.6 is 0 Å². The van der Waals surface area contributed by atoms with Gasteiger partial charge in [-0.15, -0.1) is 0 Å². The van der Waals surface area contributed by atoms with Gasteiger partial charge in [0.05, 0.1) is 28.7 Å². The highest BCUT2D eigenvalue weighted by Crippen LogP contribution is 2.27. The predicted molar refractivity (Wildman–Crippen MR) is 106 cm³/mol. The predicted octanol–water partition coefficient (Wildman–Crippen LogP) is 4.27. The average Bonchev–Trinajstić information content (AvgIpc) is 2.58. The van der Waals surface area contributed by atoms with Gasteiger partial charge in [0.2, 0.25) is 0 Å². The fourth-order valence-corrected chi connectivity index (χ4v) is 3.22. The number of benzene rings is 2. The maximum absolute atomic E-state index is 12.8. The molecular formula is C21H23N3O3. The molecule has 0 aliphatic heterocycles. The van der Waals surface area contributed by atoms with Gasteiger partial charge in [0.1, 0.15) is 0 Å². The molecule has 0 saturated heterocycles. The van der Waals surface area contributed by atoms with E-state index < -0.39 is 4.92 Å². The molecule has 0 radical (unpaired) electrons. The zero-order chi connectivity index (χ0) is 19.9. The van der Waals surface area contributed by atoms with Crippen molar-refractivity contribution in [1.82, 2.24) is 9.55 Å². The molecule has 3 aromatic rings. The molecule has 0 saturated carbocycles. The number of fused-ring (bicyclic) bond motifs is 1. The lowest BCUT2D eigenvalue weighted by Gasteiger charge is -2.22. The third kappa shape index (κ3) is 3.60. The molecule has 0 unspecified atom stereocenters. The van der Waals surface area contributed by atoms with E-state index in [1.54, 1.807) is 4.57 Å². The molecular weight excluding hydrogens is 342 g/mol. The molecule has 0 amide bonds. The van der Waals surface area contributed by atoms with Crippen LogP contribution in [0.2, 0.25) is 0 Å². The van der Waals surface area contributed by atoms with Crippen molar-refractivity contribution in [3.8, 4) is 0 Å². The van der Waals surface area contributed by atoms with Gasteiger partial charge in [-0.2, -0.15) is 0 Å². The Morgan fingerprint density at radius 2 is 1.74 bits per heavy atom. The minimum atomic E-state index is -0.490. The van der Waals surface area contributed by atoms with Crippen LogP contribution in [0.4, 0.5) is 5.69 Å². The lowest BCUT2D eigenvalue weighted by molar-refractivity contribution is -0.384. The van der Waals surface area contributed by atoms with Crippen molar-refractivity contribution in [2.75, 3.05) is 0 Å². The highest BCUT2D eigenvalue weighted by molar-refractivity contribution is 5.79. The van der Waals surface area contributed by atoms with Crippen LogP contribution < -0.4 is 5.56 Å². The maximum atomic E-state index is 12.8. The summed E-state index contributed by atoms with van der Waals surface area (Å²) in [6, 6.07) is 8.48. The maximum Gasteiger partial charge on any atom is 0.271 e. The molecule has 0 aliphatic carbocycles. The fraction of sp³-hybridized carbons (Fsp3) is 0.333. The first kappa shape index (κ1) is 18.8. The summed E-state index contributed by atoms with van der Waals surface area (Å²) >= 11 is 0. The summed E-state index contributed by atoms with van der Waals surface area (Å²) in [6.07, 6.45) is 1.46. The van der Waals surface area contributed by atoms with Gasteiger partial charge >= 0.3 is 0 Å². The number of rotatable bonds is 3. The van der Waals surface area contributed by atoms with Crippen LogP contribution in [0.15, 0.2) is 41.5 Å². The van der Waals surface area contributed by atoms with Crippen molar-refractivity contribution in [3.63, 3.8) is 0 Å². The van der Waals surface area contributed by atoms with Gasteiger partial charge in [0.15, 0.2) is 0 Å². The monoisotopic (exact) mass is 365 g/mol. The number of aromatic nitrogens is 2. The molecule has 3 rings (SSSR count). The molecule has 0 bridgehead atoms. The smallest absolute Gasteiger partial charge is 0.271 e. The molecule has 27 heavy (non-hydrogen) atoms. The van der Waals surface area contributed by atoms with Crippen molar-refractivity contribution >= 4 is 16.6 Å². The second kappa shape index (κ2) is 6.61. The first-order chi connectivity index (χ1) is 12.6. The summed E-state index contributed by atoms with van der Waals surface area (Å²) in [5.74, 6) is 0. The minimum absolute atomic E-state index is 0.0596. The van der Waals surface area contributed by atoms with Crippen molar-refractivity contribution < 1.29 is 4.92 Å². The highest BCUT2D eigenvalue weighted by Gasteiger charge is 2.17. The number of nitro benzene ring substituents is 1. The van der Waals surface area contributed by atoms with Crippen molar-refractivity contribution in [3.05, 3.63) is 79.4 Å². The van der Waals surface area contributed by atoms with E-state index in [9.17, 15) is 14.9 Å². The Bertz CT molecular complexity index is 1080. The van der Waals surface area contributed by atoms with E-state index in [0.29, 0.717) is 17.4 Å². The lowest BCUT2D eigenvalue weighted by Crippen LogP contribution is -2.22. The van der Waals surface area contributed by atoms with Crippen LogP contribution in [0.3, 0.4) is 0 Å². The van der Waals surface area contributed by atoms with Crippen LogP contribution in [0.1, 0.15) is 43.0 Å². The SMILES string of the molecule is Cc1cc(C(C)(C)C)cc(C)c1Cn1cnc2cc([N+](=O)[O-])ccc2c1=O. The third-order valence-corrected chi connectivity index (χ3v) is 4.91. The van der Waals surface area contributed by atoms with Crippen molar-refractivity contribution in [2.24, 2.45) is 0 Å². The number of hydrogen-bond acceptors (Lipinski definition) is 4. The van der Waals surface area contributed by atoms with Gasteiger partial charge in [0, 0.05) is 12.1 Å². The lowest BCUT2D eigenvalue weighted by atomic mass is 9.84. The fourth-order valence-electron chi connectivity index (χ4n) is 3.22. The summed E-state index contributed by atoms with van der Waals surface area (Å²) < 4.78 is 1.56. The molecule has 1 heterocycles.